The van der Waals surface area contributed by atoms with Gasteiger partial charge >= 0.3 is 0 Å². The van der Waals surface area contributed by atoms with E-state index in [1.54, 1.807) is 7.11 Å². The second-order valence-corrected chi connectivity index (χ2v) is 6.85. The van der Waals surface area contributed by atoms with E-state index in [2.05, 4.69) is 14.8 Å². The van der Waals surface area contributed by atoms with Gasteiger partial charge in [0.15, 0.2) is 0 Å². The number of likely N-dealkylation sites (tertiary alicyclic amines) is 1. The summed E-state index contributed by atoms with van der Waals surface area (Å²) in [6.45, 7) is 2.65. The first-order valence-electron chi connectivity index (χ1n) is 8.51. The monoisotopic (exact) mass is 304 g/mol. The highest BCUT2D eigenvalue weighted by molar-refractivity contribution is 5.81. The van der Waals surface area contributed by atoms with Gasteiger partial charge < -0.3 is 14.2 Å². The Balaban J connectivity index is 1.48. The minimum Gasteiger partial charge on any atom is -0.371 e. The van der Waals surface area contributed by atoms with Crippen molar-refractivity contribution in [3.8, 4) is 0 Å². The molecule has 1 amide bonds. The van der Waals surface area contributed by atoms with Crippen LogP contribution in [0.4, 0.5) is 0 Å². The Morgan fingerprint density at radius 1 is 1.23 bits per heavy atom. The smallest absolute Gasteiger partial charge is 0.251 e. The molecule has 0 spiro atoms. The molecular formula is C16H24N4O2. The number of carbonyl (C=O) groups excluding carboxylic acids is 1. The highest BCUT2D eigenvalue weighted by atomic mass is 16.5. The quantitative estimate of drug-likeness (QED) is 0.842. The minimum atomic E-state index is -0.233. The maximum absolute atomic E-state index is 12.7. The third kappa shape index (κ3) is 2.43. The van der Waals surface area contributed by atoms with Crippen molar-refractivity contribution in [3.63, 3.8) is 0 Å². The lowest BCUT2D eigenvalue weighted by Crippen LogP contribution is -2.46. The molecule has 0 radical (unpaired) electrons. The van der Waals surface area contributed by atoms with Crippen LogP contribution in [0.2, 0.25) is 0 Å². The Morgan fingerprint density at radius 3 is 2.86 bits per heavy atom. The van der Waals surface area contributed by atoms with Gasteiger partial charge in [0.25, 0.3) is 5.91 Å². The zero-order valence-electron chi connectivity index (χ0n) is 13.2. The largest absolute Gasteiger partial charge is 0.371 e. The predicted octanol–water partition coefficient (Wildman–Crippen LogP) is 1.36. The Hall–Kier alpha value is -1.43. The molecular weight excluding hydrogens is 280 g/mol. The van der Waals surface area contributed by atoms with E-state index in [0.717, 1.165) is 63.4 Å². The van der Waals surface area contributed by atoms with Crippen LogP contribution < -0.4 is 0 Å². The SMILES string of the molecule is CO[C@H](C(=O)N1CCC[C@H](c2nnc3n2CCC3)C1)C1CC1. The second kappa shape index (κ2) is 5.65. The summed E-state index contributed by atoms with van der Waals surface area (Å²) in [4.78, 5) is 14.7. The number of carbonyl (C=O) groups is 1. The highest BCUT2D eigenvalue weighted by Crippen LogP contribution is 2.36. The molecule has 120 valence electrons. The maximum atomic E-state index is 12.7. The minimum absolute atomic E-state index is 0.177. The molecule has 3 aliphatic rings. The van der Waals surface area contributed by atoms with Gasteiger partial charge in [-0.1, -0.05) is 0 Å². The van der Waals surface area contributed by atoms with E-state index in [9.17, 15) is 4.79 Å². The number of nitrogens with zero attached hydrogens (tertiary/aromatic N) is 4. The fourth-order valence-electron chi connectivity index (χ4n) is 3.94. The zero-order valence-corrected chi connectivity index (χ0v) is 13.2. The fourth-order valence-corrected chi connectivity index (χ4v) is 3.94. The number of hydrogen-bond acceptors (Lipinski definition) is 4. The van der Waals surface area contributed by atoms with Crippen molar-refractivity contribution in [1.82, 2.24) is 19.7 Å². The van der Waals surface area contributed by atoms with Gasteiger partial charge in [-0.2, -0.15) is 0 Å². The summed E-state index contributed by atoms with van der Waals surface area (Å²) in [5, 5.41) is 8.73. The van der Waals surface area contributed by atoms with E-state index >= 15 is 0 Å². The van der Waals surface area contributed by atoms with Gasteiger partial charge in [0.2, 0.25) is 0 Å². The van der Waals surface area contributed by atoms with Crippen LogP contribution in [0.15, 0.2) is 0 Å². The highest BCUT2D eigenvalue weighted by Gasteiger charge is 2.40. The average molecular weight is 304 g/mol. The molecule has 6 heteroatoms. The molecule has 2 aliphatic heterocycles. The number of fused-ring (bicyclic) bond motifs is 1. The van der Waals surface area contributed by atoms with E-state index in [0.29, 0.717) is 11.8 Å². The van der Waals surface area contributed by atoms with Crippen molar-refractivity contribution in [3.05, 3.63) is 11.6 Å². The summed E-state index contributed by atoms with van der Waals surface area (Å²) >= 11 is 0. The van der Waals surface area contributed by atoms with Crippen LogP contribution >= 0.6 is 0 Å². The predicted molar refractivity (Wildman–Crippen MR) is 80.4 cm³/mol. The van der Waals surface area contributed by atoms with Gasteiger partial charge in [-0.15, -0.1) is 10.2 Å². The molecule has 1 aromatic heterocycles. The standard InChI is InChI=1S/C16H24N4O2/c1-22-14(11-6-7-11)16(21)19-8-2-4-12(10-19)15-18-17-13-5-3-9-20(13)15/h11-12,14H,2-10H2,1H3/t12-,14-/m0/s1. The van der Waals surface area contributed by atoms with Crippen LogP contribution in [0.5, 0.6) is 0 Å². The molecule has 3 heterocycles. The molecule has 22 heavy (non-hydrogen) atoms. The Morgan fingerprint density at radius 2 is 2.09 bits per heavy atom. The van der Waals surface area contributed by atoms with Crippen molar-refractivity contribution in [2.24, 2.45) is 5.92 Å². The third-order valence-corrected chi connectivity index (χ3v) is 5.28. The number of rotatable bonds is 4. The molecule has 0 N–H and O–H groups in total. The molecule has 4 rings (SSSR count). The molecule has 0 bridgehead atoms. The van der Waals surface area contributed by atoms with Crippen molar-refractivity contribution in [1.29, 1.82) is 0 Å². The summed E-state index contributed by atoms with van der Waals surface area (Å²) in [7, 11) is 1.66. The topological polar surface area (TPSA) is 60.2 Å². The summed E-state index contributed by atoms with van der Waals surface area (Å²) in [6.07, 6.45) is 6.36. The fraction of sp³-hybridized carbons (Fsp3) is 0.812. The summed E-state index contributed by atoms with van der Waals surface area (Å²) in [5.74, 6) is 3.15. The first-order chi connectivity index (χ1) is 10.8. The number of ether oxygens (including phenoxy) is 1. The Kier molecular flexibility index (Phi) is 3.64. The van der Waals surface area contributed by atoms with Gasteiger partial charge in [-0.3, -0.25) is 4.79 Å². The van der Waals surface area contributed by atoms with Gasteiger partial charge in [-0.25, -0.2) is 0 Å². The number of piperidine rings is 1. The molecule has 2 fully saturated rings. The summed E-state index contributed by atoms with van der Waals surface area (Å²) < 4.78 is 7.74. The second-order valence-electron chi connectivity index (χ2n) is 6.85. The lowest BCUT2D eigenvalue weighted by atomic mass is 9.96. The van der Waals surface area contributed by atoms with Crippen LogP contribution in [0, 0.1) is 5.92 Å². The van der Waals surface area contributed by atoms with E-state index < -0.39 is 0 Å². The molecule has 1 saturated carbocycles. The van der Waals surface area contributed by atoms with E-state index in [-0.39, 0.29) is 12.0 Å². The molecule has 1 aromatic rings. The molecule has 0 aromatic carbocycles. The summed E-state index contributed by atoms with van der Waals surface area (Å²) in [6, 6.07) is 0. The Labute approximate surface area is 130 Å². The normalized spacial score (nSPS) is 26.0. The number of methoxy groups -OCH3 is 1. The number of aryl methyl sites for hydroxylation is 1. The van der Waals surface area contributed by atoms with Gasteiger partial charge in [-0.05, 0) is 38.0 Å². The van der Waals surface area contributed by atoms with E-state index in [1.165, 1.54) is 6.42 Å². The molecule has 1 aliphatic carbocycles. The lowest BCUT2D eigenvalue weighted by Gasteiger charge is -2.34. The van der Waals surface area contributed by atoms with E-state index in [4.69, 9.17) is 4.74 Å². The maximum Gasteiger partial charge on any atom is 0.251 e. The van der Waals surface area contributed by atoms with Crippen LogP contribution in [0.25, 0.3) is 0 Å². The van der Waals surface area contributed by atoms with Crippen LogP contribution in [0.1, 0.15) is 49.7 Å². The van der Waals surface area contributed by atoms with Crippen molar-refractivity contribution in [2.45, 2.75) is 57.1 Å². The van der Waals surface area contributed by atoms with Gasteiger partial charge in [0.05, 0.1) is 0 Å². The van der Waals surface area contributed by atoms with Crippen molar-refractivity contribution in [2.75, 3.05) is 20.2 Å². The molecule has 2 atom stereocenters. The number of hydrogen-bond donors (Lipinski definition) is 0. The third-order valence-electron chi connectivity index (χ3n) is 5.28. The molecule has 6 nitrogen and oxygen atoms in total. The number of aromatic nitrogens is 3. The average Bonchev–Trinajstić information content (AvgIpc) is 3.11. The van der Waals surface area contributed by atoms with Gasteiger partial charge in [0, 0.05) is 39.1 Å². The zero-order chi connectivity index (χ0) is 15.1. The molecule has 0 unspecified atom stereocenters. The van der Waals surface area contributed by atoms with Gasteiger partial charge in [0.1, 0.15) is 17.8 Å². The van der Waals surface area contributed by atoms with Crippen molar-refractivity contribution < 1.29 is 9.53 Å². The van der Waals surface area contributed by atoms with Crippen molar-refractivity contribution >= 4 is 5.91 Å². The summed E-state index contributed by atoms with van der Waals surface area (Å²) in [5.41, 5.74) is 0. The Bertz CT molecular complexity index is 566. The first-order valence-corrected chi connectivity index (χ1v) is 8.51. The lowest BCUT2D eigenvalue weighted by molar-refractivity contribution is -0.144. The first kappa shape index (κ1) is 14.2. The van der Waals surface area contributed by atoms with Crippen LogP contribution in [0.3, 0.4) is 0 Å². The molecule has 1 saturated heterocycles. The van der Waals surface area contributed by atoms with Crippen LogP contribution in [-0.4, -0.2) is 51.9 Å². The number of amides is 1. The van der Waals surface area contributed by atoms with E-state index in [1.807, 2.05) is 4.90 Å². The van der Waals surface area contributed by atoms with Crippen LogP contribution in [-0.2, 0) is 22.5 Å².